The second kappa shape index (κ2) is 14.5. The van der Waals surface area contributed by atoms with Crippen LogP contribution in [-0.2, 0) is 12.3 Å². The predicted molar refractivity (Wildman–Crippen MR) is 140 cm³/mol. The fraction of sp³-hybridized carbons (Fsp3) is 0.682. The molecule has 0 aliphatic carbocycles. The number of likely N-dealkylation sites (N-methyl/N-ethyl adjacent to an activating group) is 1. The minimum atomic E-state index is -0.182. The molecule has 1 heterocycles. The van der Waals surface area contributed by atoms with Gasteiger partial charge in [0, 0.05) is 51.1 Å². The van der Waals surface area contributed by atoms with Gasteiger partial charge in [0.25, 0.3) is 0 Å². The molecule has 0 bridgehead atoms. The van der Waals surface area contributed by atoms with Crippen molar-refractivity contribution in [3.8, 4) is 0 Å². The molecule has 0 aromatic heterocycles. The van der Waals surface area contributed by atoms with E-state index in [2.05, 4.69) is 48.3 Å². The monoisotopic (exact) mass is 551 g/mol. The molecule has 0 amide bonds. The molecule has 1 atom stereocenters. The highest BCUT2D eigenvalue weighted by Gasteiger charge is 2.25. The van der Waals surface area contributed by atoms with Gasteiger partial charge in [0.05, 0.1) is 6.54 Å². The molecule has 5 nitrogen and oxygen atoms in total. The second-order valence-electron chi connectivity index (χ2n) is 8.07. The Kier molecular flexibility index (Phi) is 13.2. The molecule has 0 saturated carbocycles. The minimum absolute atomic E-state index is 0. The number of benzene rings is 1. The molecule has 172 valence electrons. The van der Waals surface area contributed by atoms with Crippen LogP contribution >= 0.6 is 35.7 Å². The molecule has 1 fully saturated rings. The maximum atomic E-state index is 13.6. The van der Waals surface area contributed by atoms with Crippen LogP contribution in [0.1, 0.15) is 31.9 Å². The summed E-state index contributed by atoms with van der Waals surface area (Å²) in [5, 5.41) is 6.90. The number of hydrogen-bond donors (Lipinski definition) is 2. The molecule has 1 aromatic carbocycles. The van der Waals surface area contributed by atoms with Crippen molar-refractivity contribution in [3.05, 3.63) is 35.1 Å². The highest BCUT2D eigenvalue weighted by atomic mass is 127. The topological polar surface area (TPSA) is 42.9 Å². The summed E-state index contributed by atoms with van der Waals surface area (Å²) in [5.74, 6) is 2.01. The number of thioether (sulfide) groups is 1. The van der Waals surface area contributed by atoms with Gasteiger partial charge in [0.15, 0.2) is 5.96 Å². The van der Waals surface area contributed by atoms with E-state index in [1.165, 1.54) is 6.07 Å². The summed E-state index contributed by atoms with van der Waals surface area (Å²) in [4.78, 5) is 9.77. The Hall–Kier alpha value is -0.580. The standard InChI is InChI=1S/C22H38FN5S.HI/c1-6-24-22(25-14-18-7-8-20(23)13-19(18)16-29-5)26-15-21(17(2)3)28-11-9-27(4)10-12-28;/h7-8,13,17,21H,6,9-12,14-16H2,1-5H3,(H2,24,25,26);1H. The molecule has 1 unspecified atom stereocenters. The molecule has 8 heteroatoms. The van der Waals surface area contributed by atoms with Crippen LogP contribution in [0.4, 0.5) is 4.39 Å². The molecule has 1 saturated heterocycles. The van der Waals surface area contributed by atoms with E-state index in [1.807, 2.05) is 12.3 Å². The largest absolute Gasteiger partial charge is 0.357 e. The zero-order chi connectivity index (χ0) is 21.2. The van der Waals surface area contributed by atoms with Crippen LogP contribution in [0.3, 0.4) is 0 Å². The lowest BCUT2D eigenvalue weighted by atomic mass is 10.0. The molecule has 0 spiro atoms. The number of piperazine rings is 1. The van der Waals surface area contributed by atoms with E-state index in [4.69, 9.17) is 4.99 Å². The molecule has 1 aliphatic rings. The van der Waals surface area contributed by atoms with Crippen molar-refractivity contribution in [1.29, 1.82) is 0 Å². The van der Waals surface area contributed by atoms with Gasteiger partial charge in [0.2, 0.25) is 0 Å². The summed E-state index contributed by atoms with van der Waals surface area (Å²) in [7, 11) is 2.19. The number of hydrogen-bond acceptors (Lipinski definition) is 4. The summed E-state index contributed by atoms with van der Waals surface area (Å²) >= 11 is 1.70. The van der Waals surface area contributed by atoms with E-state index in [9.17, 15) is 4.39 Å². The van der Waals surface area contributed by atoms with Gasteiger partial charge in [-0.25, -0.2) is 9.38 Å². The number of nitrogens with one attached hydrogen (secondary N) is 2. The van der Waals surface area contributed by atoms with Gasteiger partial charge in [-0.15, -0.1) is 24.0 Å². The first-order valence-electron chi connectivity index (χ1n) is 10.7. The lowest BCUT2D eigenvalue weighted by Gasteiger charge is -2.40. The smallest absolute Gasteiger partial charge is 0.191 e. The predicted octanol–water partition coefficient (Wildman–Crippen LogP) is 3.63. The van der Waals surface area contributed by atoms with E-state index in [0.29, 0.717) is 18.5 Å². The van der Waals surface area contributed by atoms with Crippen LogP contribution < -0.4 is 10.6 Å². The van der Waals surface area contributed by atoms with E-state index in [-0.39, 0.29) is 29.8 Å². The van der Waals surface area contributed by atoms with Crippen LogP contribution in [0, 0.1) is 11.7 Å². The number of guanidine groups is 1. The lowest BCUT2D eigenvalue weighted by molar-refractivity contribution is 0.0900. The molecule has 1 aromatic rings. The van der Waals surface area contributed by atoms with Gasteiger partial charge in [0.1, 0.15) is 5.82 Å². The van der Waals surface area contributed by atoms with Gasteiger partial charge in [-0.2, -0.15) is 11.8 Å². The van der Waals surface area contributed by atoms with E-state index < -0.39 is 0 Å². The first-order chi connectivity index (χ1) is 13.9. The fourth-order valence-corrected chi connectivity index (χ4v) is 4.27. The van der Waals surface area contributed by atoms with Crippen LogP contribution in [0.25, 0.3) is 0 Å². The minimum Gasteiger partial charge on any atom is -0.357 e. The first kappa shape index (κ1) is 27.5. The van der Waals surface area contributed by atoms with Crippen LogP contribution in [0.5, 0.6) is 0 Å². The molecular formula is C22H39FIN5S. The van der Waals surface area contributed by atoms with Crippen molar-refractivity contribution in [1.82, 2.24) is 20.4 Å². The number of halogens is 2. The Morgan fingerprint density at radius 3 is 2.47 bits per heavy atom. The third-order valence-corrected chi connectivity index (χ3v) is 6.07. The quantitative estimate of drug-likeness (QED) is 0.279. The van der Waals surface area contributed by atoms with Gasteiger partial charge in [-0.3, -0.25) is 4.90 Å². The summed E-state index contributed by atoms with van der Waals surface area (Å²) in [6, 6.07) is 5.49. The highest BCUT2D eigenvalue weighted by Crippen LogP contribution is 2.18. The van der Waals surface area contributed by atoms with Crippen molar-refractivity contribution >= 4 is 41.7 Å². The van der Waals surface area contributed by atoms with Crippen LogP contribution in [0.15, 0.2) is 23.2 Å². The summed E-state index contributed by atoms with van der Waals surface area (Å²) in [6.45, 7) is 13.4. The van der Waals surface area contributed by atoms with Gasteiger partial charge >= 0.3 is 0 Å². The maximum Gasteiger partial charge on any atom is 0.191 e. The Balaban J connectivity index is 0.00000450. The molecular weight excluding hydrogens is 512 g/mol. The Morgan fingerprint density at radius 2 is 1.87 bits per heavy atom. The third kappa shape index (κ3) is 8.88. The molecule has 2 N–H and O–H groups in total. The van der Waals surface area contributed by atoms with E-state index >= 15 is 0 Å². The number of nitrogens with zero attached hydrogens (tertiary/aromatic N) is 3. The molecule has 30 heavy (non-hydrogen) atoms. The third-order valence-electron chi connectivity index (χ3n) is 5.47. The number of aliphatic imine (C=N–C) groups is 1. The average Bonchev–Trinajstić information content (AvgIpc) is 2.68. The Bertz CT molecular complexity index is 650. The van der Waals surface area contributed by atoms with Crippen LogP contribution in [-0.4, -0.2) is 74.4 Å². The first-order valence-corrected chi connectivity index (χ1v) is 12.0. The zero-order valence-corrected chi connectivity index (χ0v) is 22.2. The number of rotatable bonds is 9. The fourth-order valence-electron chi connectivity index (χ4n) is 3.69. The summed E-state index contributed by atoms with van der Waals surface area (Å²) < 4.78 is 13.6. The molecule has 0 radical (unpaired) electrons. The van der Waals surface area contributed by atoms with Crippen molar-refractivity contribution < 1.29 is 4.39 Å². The highest BCUT2D eigenvalue weighted by molar-refractivity contribution is 14.0. The van der Waals surface area contributed by atoms with E-state index in [0.717, 1.165) is 62.1 Å². The van der Waals surface area contributed by atoms with Crippen molar-refractivity contribution in [2.75, 3.05) is 52.6 Å². The van der Waals surface area contributed by atoms with E-state index in [1.54, 1.807) is 17.8 Å². The normalized spacial score (nSPS) is 17.0. The maximum absolute atomic E-state index is 13.6. The van der Waals surface area contributed by atoms with Crippen molar-refractivity contribution in [3.63, 3.8) is 0 Å². The summed E-state index contributed by atoms with van der Waals surface area (Å²) in [6.07, 6.45) is 2.04. The average molecular weight is 552 g/mol. The van der Waals surface area contributed by atoms with Gasteiger partial charge in [-0.1, -0.05) is 19.9 Å². The summed E-state index contributed by atoms with van der Waals surface area (Å²) in [5.41, 5.74) is 2.10. The van der Waals surface area contributed by atoms with Crippen LogP contribution in [0.2, 0.25) is 0 Å². The Morgan fingerprint density at radius 1 is 1.17 bits per heavy atom. The van der Waals surface area contributed by atoms with Crippen molar-refractivity contribution in [2.45, 2.75) is 39.1 Å². The van der Waals surface area contributed by atoms with Gasteiger partial charge in [-0.05, 0) is 49.4 Å². The Labute approximate surface area is 203 Å². The molecule has 1 aliphatic heterocycles. The SMILES string of the molecule is CCNC(=NCc1ccc(F)cc1CSC)NCC(C(C)C)N1CCN(C)CC1.I. The second-order valence-corrected chi connectivity index (χ2v) is 8.94. The van der Waals surface area contributed by atoms with Crippen molar-refractivity contribution in [2.24, 2.45) is 10.9 Å². The van der Waals surface area contributed by atoms with Gasteiger partial charge < -0.3 is 15.5 Å². The lowest BCUT2D eigenvalue weighted by Crippen LogP contribution is -2.55. The zero-order valence-electron chi connectivity index (χ0n) is 19.1. The molecule has 2 rings (SSSR count).